The molecule has 13 heteroatoms. The Morgan fingerprint density at radius 2 is 1.79 bits per heavy atom. The molecule has 244 valence electrons. The highest BCUT2D eigenvalue weighted by Gasteiger charge is 2.42. The van der Waals surface area contributed by atoms with Gasteiger partial charge in [-0.25, -0.2) is 19.2 Å². The fraction of sp³-hybridized carbons (Fsp3) is 0.382. The molecule has 2 aromatic carbocycles. The number of piperazine rings is 1. The number of carbonyl (C=O) groups excluding carboxylic acids is 3. The van der Waals surface area contributed by atoms with Crippen LogP contribution in [0.1, 0.15) is 60.5 Å². The largest absolute Gasteiger partial charge is 0.444 e. The molecule has 3 aliphatic heterocycles. The van der Waals surface area contributed by atoms with Crippen LogP contribution in [0.4, 0.5) is 20.0 Å². The summed E-state index contributed by atoms with van der Waals surface area (Å²) in [5.74, 6) is -1.35. The predicted molar refractivity (Wildman–Crippen MR) is 176 cm³/mol. The van der Waals surface area contributed by atoms with Crippen LogP contribution in [0.15, 0.2) is 54.3 Å². The molecule has 7 rings (SSSR count). The number of fused-ring (bicyclic) bond motifs is 2. The normalized spacial score (nSPS) is 16.7. The third kappa shape index (κ3) is 6.07. The number of nitrogens with one attached hydrogen (secondary N) is 1. The minimum atomic E-state index is -1.04. The minimum Gasteiger partial charge on any atom is -0.444 e. The lowest BCUT2D eigenvalue weighted by atomic mass is 9.99. The number of halogens is 1. The minimum absolute atomic E-state index is 0.0449. The van der Waals surface area contributed by atoms with Gasteiger partial charge in [0.2, 0.25) is 0 Å². The molecule has 1 fully saturated rings. The molecule has 0 aliphatic carbocycles. The second-order valence-corrected chi connectivity index (χ2v) is 13.9. The quantitative estimate of drug-likeness (QED) is 0.292. The molecule has 11 nitrogen and oxygen atoms in total. The molecule has 5 heterocycles. The van der Waals surface area contributed by atoms with Crippen molar-refractivity contribution < 1.29 is 23.5 Å². The van der Waals surface area contributed by atoms with E-state index in [-0.39, 0.29) is 23.8 Å². The maximum absolute atomic E-state index is 15.7. The van der Waals surface area contributed by atoms with Crippen LogP contribution in [-0.4, -0.2) is 74.0 Å². The van der Waals surface area contributed by atoms with Crippen molar-refractivity contribution in [3.8, 4) is 11.1 Å². The molecule has 0 bridgehead atoms. The van der Waals surface area contributed by atoms with Gasteiger partial charge in [0.1, 0.15) is 11.4 Å². The van der Waals surface area contributed by atoms with Crippen LogP contribution >= 0.6 is 11.3 Å². The van der Waals surface area contributed by atoms with Crippen molar-refractivity contribution in [1.29, 1.82) is 0 Å². The smallest absolute Gasteiger partial charge is 0.410 e. The average molecular weight is 658 g/mol. The van der Waals surface area contributed by atoms with Gasteiger partial charge in [-0.3, -0.25) is 14.9 Å². The molecule has 0 radical (unpaired) electrons. The van der Waals surface area contributed by atoms with Crippen LogP contribution in [0.3, 0.4) is 0 Å². The maximum Gasteiger partial charge on any atom is 0.410 e. The van der Waals surface area contributed by atoms with Gasteiger partial charge in [0.25, 0.3) is 11.8 Å². The van der Waals surface area contributed by atoms with Gasteiger partial charge in [-0.15, -0.1) is 11.3 Å². The Hall–Kier alpha value is -4.78. The van der Waals surface area contributed by atoms with Gasteiger partial charge >= 0.3 is 6.09 Å². The number of nitrogens with zero attached hydrogens (tertiary/aromatic N) is 6. The molecule has 1 atom stereocenters. The zero-order valence-electron chi connectivity index (χ0n) is 26.5. The molecular formula is C34H36FN7O4S. The first kappa shape index (κ1) is 30.9. The van der Waals surface area contributed by atoms with Crippen LogP contribution in [0.2, 0.25) is 0 Å². The van der Waals surface area contributed by atoms with E-state index < -0.39 is 29.3 Å². The first-order valence-corrected chi connectivity index (χ1v) is 16.6. The first-order chi connectivity index (χ1) is 22.6. The Kier molecular flexibility index (Phi) is 7.95. The van der Waals surface area contributed by atoms with Gasteiger partial charge in [0.15, 0.2) is 11.2 Å². The fourth-order valence-corrected chi connectivity index (χ4v) is 7.04. The van der Waals surface area contributed by atoms with E-state index >= 15 is 4.39 Å². The van der Waals surface area contributed by atoms with Crippen LogP contribution < -0.4 is 10.2 Å². The number of amides is 3. The number of anilines is 2. The molecule has 1 N–H and O–H groups in total. The van der Waals surface area contributed by atoms with E-state index in [4.69, 9.17) is 4.74 Å². The fourth-order valence-electron chi connectivity index (χ4n) is 6.50. The molecule has 3 aliphatic rings. The molecule has 2 aromatic heterocycles. The third-order valence-corrected chi connectivity index (χ3v) is 9.47. The monoisotopic (exact) mass is 657 g/mol. The summed E-state index contributed by atoms with van der Waals surface area (Å²) in [6.45, 7) is 8.75. The molecule has 0 spiro atoms. The van der Waals surface area contributed by atoms with E-state index in [2.05, 4.69) is 20.2 Å². The van der Waals surface area contributed by atoms with Gasteiger partial charge in [-0.1, -0.05) is 12.1 Å². The van der Waals surface area contributed by atoms with Crippen molar-refractivity contribution in [3.05, 3.63) is 82.6 Å². The molecule has 0 saturated carbocycles. The highest BCUT2D eigenvalue weighted by Crippen LogP contribution is 2.38. The summed E-state index contributed by atoms with van der Waals surface area (Å²) in [5, 5.41) is 5.00. The summed E-state index contributed by atoms with van der Waals surface area (Å²) in [4.78, 5) is 54.2. The zero-order valence-corrected chi connectivity index (χ0v) is 27.3. The number of imidazole rings is 1. The molecule has 1 saturated heterocycles. The lowest BCUT2D eigenvalue weighted by Gasteiger charge is -2.36. The number of hydrogen-bond donors (Lipinski definition) is 1. The van der Waals surface area contributed by atoms with Gasteiger partial charge < -0.3 is 24.0 Å². The van der Waals surface area contributed by atoms with Crippen LogP contribution in [0.25, 0.3) is 11.1 Å². The molecule has 1 unspecified atom stereocenters. The third-order valence-electron chi connectivity index (χ3n) is 8.78. The second kappa shape index (κ2) is 12.1. The number of rotatable bonds is 6. The van der Waals surface area contributed by atoms with E-state index in [1.807, 2.05) is 49.6 Å². The van der Waals surface area contributed by atoms with Gasteiger partial charge in [-0.05, 0) is 69.0 Å². The highest BCUT2D eigenvalue weighted by atomic mass is 32.1. The van der Waals surface area contributed by atoms with E-state index in [1.54, 1.807) is 28.9 Å². The van der Waals surface area contributed by atoms with E-state index in [9.17, 15) is 14.4 Å². The summed E-state index contributed by atoms with van der Waals surface area (Å²) >= 11 is 1.28. The number of hydrogen-bond acceptors (Lipinski definition) is 8. The van der Waals surface area contributed by atoms with Crippen molar-refractivity contribution in [3.63, 3.8) is 0 Å². The Balaban J connectivity index is 1.10. The summed E-state index contributed by atoms with van der Waals surface area (Å²) in [5.41, 5.74) is 3.72. The lowest BCUT2D eigenvalue weighted by Crippen LogP contribution is -2.50. The number of thiazole rings is 1. The van der Waals surface area contributed by atoms with E-state index in [1.165, 1.54) is 22.3 Å². The summed E-state index contributed by atoms with van der Waals surface area (Å²) in [6.07, 6.45) is 4.67. The number of carbonyl (C=O) groups is 3. The van der Waals surface area contributed by atoms with Gasteiger partial charge in [-0.2, -0.15) is 0 Å². The number of aromatic nitrogens is 3. The number of aryl methyl sites for hydroxylation is 1. The summed E-state index contributed by atoms with van der Waals surface area (Å²) < 4.78 is 23.2. The zero-order chi connectivity index (χ0) is 32.9. The Labute approximate surface area is 276 Å². The van der Waals surface area contributed by atoms with Gasteiger partial charge in [0.05, 0.1) is 18.6 Å². The van der Waals surface area contributed by atoms with E-state index in [0.29, 0.717) is 42.6 Å². The molecule has 4 aromatic rings. The SMILES string of the molecule is CC(C)(C)OC(=O)N1CCN(c2ccc(-c3cc(F)c4c(c3)C(=O)N(C(C(=O)Nc3nccs3)c3ncn5c3CCC5)C4)cc2)CC1. The van der Waals surface area contributed by atoms with Crippen molar-refractivity contribution in [2.75, 3.05) is 36.4 Å². The van der Waals surface area contributed by atoms with E-state index in [0.717, 1.165) is 36.3 Å². The second-order valence-electron chi connectivity index (χ2n) is 13.0. The number of ether oxygens (including phenoxy) is 1. The van der Waals surface area contributed by atoms with Crippen molar-refractivity contribution in [2.45, 2.75) is 58.3 Å². The van der Waals surface area contributed by atoms with Crippen molar-refractivity contribution in [1.82, 2.24) is 24.3 Å². The van der Waals surface area contributed by atoms with Crippen LogP contribution in [0, 0.1) is 5.82 Å². The van der Waals surface area contributed by atoms with Crippen molar-refractivity contribution in [2.24, 2.45) is 0 Å². The number of benzene rings is 2. The Morgan fingerprint density at radius 3 is 2.49 bits per heavy atom. The summed E-state index contributed by atoms with van der Waals surface area (Å²) in [7, 11) is 0. The Bertz CT molecular complexity index is 1830. The Morgan fingerprint density at radius 1 is 1.02 bits per heavy atom. The topological polar surface area (TPSA) is 113 Å². The first-order valence-electron chi connectivity index (χ1n) is 15.8. The highest BCUT2D eigenvalue weighted by molar-refractivity contribution is 7.13. The predicted octanol–water partition coefficient (Wildman–Crippen LogP) is 5.48. The molecular weight excluding hydrogens is 621 g/mol. The lowest BCUT2D eigenvalue weighted by molar-refractivity contribution is -0.121. The standard InChI is InChI=1S/C34H36FN7O4S/c1-34(2,3)46-33(45)40-14-12-39(13-15-40)23-8-6-21(7-9-23)22-17-24-25(26(35)18-22)19-42(31(24)44)29(30(43)38-32-36-10-16-47-32)28-27-5-4-11-41(27)20-37-28/h6-10,16-18,20,29H,4-5,11-15,19H2,1-3H3,(H,36,38,43). The van der Waals surface area contributed by atoms with Crippen molar-refractivity contribution >= 4 is 40.1 Å². The van der Waals surface area contributed by atoms with Crippen LogP contribution in [0.5, 0.6) is 0 Å². The molecule has 3 amide bonds. The average Bonchev–Trinajstić information content (AvgIpc) is 3.85. The van der Waals surface area contributed by atoms with Crippen LogP contribution in [-0.2, 0) is 29.0 Å². The molecule has 47 heavy (non-hydrogen) atoms. The summed E-state index contributed by atoms with van der Waals surface area (Å²) in [6, 6.07) is 9.88. The van der Waals surface area contributed by atoms with Gasteiger partial charge in [0, 0.05) is 66.8 Å². The maximum atomic E-state index is 15.7.